The van der Waals surface area contributed by atoms with Crippen LogP contribution in [0.15, 0.2) is 60.8 Å². The Hall–Kier alpha value is -3.54. The van der Waals surface area contributed by atoms with Crippen LogP contribution in [-0.4, -0.2) is 46.8 Å². The van der Waals surface area contributed by atoms with Crippen LogP contribution < -0.4 is 5.32 Å². The maximum Gasteiger partial charge on any atom is 0.257 e. The minimum atomic E-state index is -0.667. The van der Waals surface area contributed by atoms with Crippen molar-refractivity contribution in [3.63, 3.8) is 0 Å². The van der Waals surface area contributed by atoms with E-state index in [1.54, 1.807) is 25.1 Å². The number of likely N-dealkylation sites (tertiary alicyclic amines) is 1. The third-order valence-electron chi connectivity index (χ3n) is 6.26. The molecule has 0 radical (unpaired) electrons. The molecule has 1 N–H and O–H groups in total. The van der Waals surface area contributed by atoms with Crippen molar-refractivity contribution in [2.45, 2.75) is 26.7 Å². The van der Waals surface area contributed by atoms with E-state index in [2.05, 4.69) is 45.6 Å². The predicted octanol–water partition coefficient (Wildman–Crippen LogP) is 3.58. The van der Waals surface area contributed by atoms with E-state index in [0.717, 1.165) is 16.7 Å². The van der Waals surface area contributed by atoms with Gasteiger partial charge in [-0.25, -0.2) is 9.97 Å². The number of aryl methyl sites for hydroxylation is 2. The standard InChI is InChI=1S/C26H28N4O2/c1-18-23(16-28-19(2)29-18)24(31)30-13-12-26(17-30,25(32)27-3)15-20-8-7-11-22(14-20)21-9-5-4-6-10-21/h4-11,14,16H,12-13,15,17H2,1-3H3,(H,27,32)/t26-/m0/s1. The van der Waals surface area contributed by atoms with Crippen molar-refractivity contribution in [2.24, 2.45) is 5.41 Å². The third-order valence-corrected chi connectivity index (χ3v) is 6.26. The molecule has 3 aromatic rings. The molecule has 1 atom stereocenters. The molecule has 1 aliphatic rings. The highest BCUT2D eigenvalue weighted by atomic mass is 16.2. The Morgan fingerprint density at radius 3 is 2.53 bits per heavy atom. The lowest BCUT2D eigenvalue weighted by atomic mass is 9.79. The van der Waals surface area contributed by atoms with Crippen LogP contribution in [0.3, 0.4) is 0 Å². The average molecular weight is 429 g/mol. The molecule has 6 heteroatoms. The zero-order chi connectivity index (χ0) is 22.7. The number of nitrogens with one attached hydrogen (secondary N) is 1. The maximum atomic E-state index is 13.2. The smallest absolute Gasteiger partial charge is 0.257 e. The number of aromatic nitrogens is 2. The van der Waals surface area contributed by atoms with Gasteiger partial charge < -0.3 is 10.2 Å². The molecule has 2 heterocycles. The van der Waals surface area contributed by atoms with Crippen molar-refractivity contribution < 1.29 is 9.59 Å². The number of carbonyl (C=O) groups is 2. The molecule has 2 aromatic carbocycles. The molecule has 164 valence electrons. The molecule has 1 saturated heterocycles. The van der Waals surface area contributed by atoms with E-state index < -0.39 is 5.41 Å². The highest BCUT2D eigenvalue weighted by molar-refractivity contribution is 5.96. The van der Waals surface area contributed by atoms with Gasteiger partial charge in [0.2, 0.25) is 5.91 Å². The van der Waals surface area contributed by atoms with Crippen LogP contribution in [0.2, 0.25) is 0 Å². The Labute approximate surface area is 188 Å². The highest BCUT2D eigenvalue weighted by Gasteiger charge is 2.46. The predicted molar refractivity (Wildman–Crippen MR) is 124 cm³/mol. The third kappa shape index (κ3) is 4.26. The highest BCUT2D eigenvalue weighted by Crippen LogP contribution is 2.36. The van der Waals surface area contributed by atoms with Crippen molar-refractivity contribution in [1.29, 1.82) is 0 Å². The lowest BCUT2D eigenvalue weighted by Gasteiger charge is -2.28. The number of rotatable bonds is 5. The zero-order valence-corrected chi connectivity index (χ0v) is 18.8. The minimum absolute atomic E-state index is 0.0326. The van der Waals surface area contributed by atoms with Crippen LogP contribution in [-0.2, 0) is 11.2 Å². The molecule has 4 rings (SSSR count). The van der Waals surface area contributed by atoms with Crippen LogP contribution in [0.4, 0.5) is 0 Å². The fourth-order valence-electron chi connectivity index (χ4n) is 4.57. The maximum absolute atomic E-state index is 13.2. The number of nitrogens with zero attached hydrogens (tertiary/aromatic N) is 3. The first kappa shape index (κ1) is 21.7. The van der Waals surface area contributed by atoms with Gasteiger partial charge in [-0.3, -0.25) is 9.59 Å². The Morgan fingerprint density at radius 1 is 1.06 bits per heavy atom. The molecule has 0 spiro atoms. The molecule has 0 aliphatic carbocycles. The van der Waals surface area contributed by atoms with Gasteiger partial charge in [0.05, 0.1) is 16.7 Å². The number of amides is 2. The average Bonchev–Trinajstić information content (AvgIpc) is 3.24. The first-order chi connectivity index (χ1) is 15.4. The van der Waals surface area contributed by atoms with Crippen LogP contribution in [0, 0.1) is 19.3 Å². The van der Waals surface area contributed by atoms with Crippen LogP contribution in [0.25, 0.3) is 11.1 Å². The van der Waals surface area contributed by atoms with Gasteiger partial charge in [-0.1, -0.05) is 54.6 Å². The van der Waals surface area contributed by atoms with E-state index in [9.17, 15) is 9.59 Å². The molecule has 1 aromatic heterocycles. The number of hydrogen-bond acceptors (Lipinski definition) is 4. The van der Waals surface area contributed by atoms with Crippen molar-refractivity contribution in [3.05, 3.63) is 83.4 Å². The van der Waals surface area contributed by atoms with Crippen LogP contribution in [0.1, 0.15) is 33.9 Å². The second-order valence-corrected chi connectivity index (χ2v) is 8.50. The topological polar surface area (TPSA) is 75.2 Å². The fraction of sp³-hybridized carbons (Fsp3) is 0.308. The zero-order valence-electron chi connectivity index (χ0n) is 18.8. The fourth-order valence-corrected chi connectivity index (χ4v) is 4.57. The lowest BCUT2D eigenvalue weighted by molar-refractivity contribution is -0.129. The van der Waals surface area contributed by atoms with Gasteiger partial charge in [-0.15, -0.1) is 0 Å². The SMILES string of the molecule is CNC(=O)[C@]1(Cc2cccc(-c3ccccc3)c2)CCN(C(=O)c2cnc(C)nc2C)C1. The van der Waals surface area contributed by atoms with Crippen LogP contribution >= 0.6 is 0 Å². The molecule has 0 saturated carbocycles. The molecule has 2 amide bonds. The van der Waals surface area contributed by atoms with Gasteiger partial charge in [0.15, 0.2) is 0 Å². The molecule has 32 heavy (non-hydrogen) atoms. The first-order valence-electron chi connectivity index (χ1n) is 10.9. The van der Waals surface area contributed by atoms with Gasteiger partial charge in [-0.05, 0) is 43.4 Å². The quantitative estimate of drug-likeness (QED) is 0.674. The van der Waals surface area contributed by atoms with Crippen molar-refractivity contribution >= 4 is 11.8 Å². The van der Waals surface area contributed by atoms with E-state index in [1.165, 1.54) is 0 Å². The van der Waals surface area contributed by atoms with Gasteiger partial charge in [-0.2, -0.15) is 0 Å². The summed E-state index contributed by atoms with van der Waals surface area (Å²) in [4.78, 5) is 36.5. The van der Waals surface area contributed by atoms with Crippen molar-refractivity contribution in [2.75, 3.05) is 20.1 Å². The summed E-state index contributed by atoms with van der Waals surface area (Å²) in [5.41, 5.74) is 3.83. The summed E-state index contributed by atoms with van der Waals surface area (Å²) < 4.78 is 0. The Bertz CT molecular complexity index is 1150. The van der Waals surface area contributed by atoms with Gasteiger partial charge >= 0.3 is 0 Å². The normalized spacial score (nSPS) is 17.9. The van der Waals surface area contributed by atoms with Crippen molar-refractivity contribution in [1.82, 2.24) is 20.2 Å². The van der Waals surface area contributed by atoms with E-state index >= 15 is 0 Å². The monoisotopic (exact) mass is 428 g/mol. The molecule has 1 fully saturated rings. The summed E-state index contributed by atoms with van der Waals surface area (Å²) >= 11 is 0. The molecular weight excluding hydrogens is 400 g/mol. The Balaban J connectivity index is 1.59. The minimum Gasteiger partial charge on any atom is -0.359 e. The van der Waals surface area contributed by atoms with E-state index in [0.29, 0.717) is 43.0 Å². The Morgan fingerprint density at radius 2 is 1.81 bits per heavy atom. The molecule has 1 aliphatic heterocycles. The summed E-state index contributed by atoms with van der Waals surface area (Å²) in [7, 11) is 1.66. The number of benzene rings is 2. The Kier molecular flexibility index (Phi) is 6.04. The number of carbonyl (C=O) groups excluding carboxylic acids is 2. The van der Waals surface area contributed by atoms with Gasteiger partial charge in [0.25, 0.3) is 5.91 Å². The second-order valence-electron chi connectivity index (χ2n) is 8.50. The lowest BCUT2D eigenvalue weighted by Crippen LogP contribution is -2.44. The van der Waals surface area contributed by atoms with E-state index in [4.69, 9.17) is 0 Å². The molecule has 0 bridgehead atoms. The first-order valence-corrected chi connectivity index (χ1v) is 10.9. The van der Waals surface area contributed by atoms with Crippen LogP contribution in [0.5, 0.6) is 0 Å². The second kappa shape index (κ2) is 8.91. The summed E-state index contributed by atoms with van der Waals surface area (Å²) in [5.74, 6) is 0.486. The number of hydrogen-bond donors (Lipinski definition) is 1. The summed E-state index contributed by atoms with van der Waals surface area (Å²) in [5, 5.41) is 2.83. The summed E-state index contributed by atoms with van der Waals surface area (Å²) in [6.45, 7) is 4.52. The van der Waals surface area contributed by atoms with E-state index in [1.807, 2.05) is 31.2 Å². The van der Waals surface area contributed by atoms with Gasteiger partial charge in [0, 0.05) is 26.3 Å². The van der Waals surface area contributed by atoms with Gasteiger partial charge in [0.1, 0.15) is 5.82 Å². The molecule has 6 nitrogen and oxygen atoms in total. The summed E-state index contributed by atoms with van der Waals surface area (Å²) in [6.07, 6.45) is 2.77. The largest absolute Gasteiger partial charge is 0.359 e. The molecular formula is C26H28N4O2. The molecule has 0 unspecified atom stereocenters. The van der Waals surface area contributed by atoms with Crippen molar-refractivity contribution in [3.8, 4) is 11.1 Å². The van der Waals surface area contributed by atoms with E-state index in [-0.39, 0.29) is 11.8 Å². The summed E-state index contributed by atoms with van der Waals surface area (Å²) in [6, 6.07) is 18.5.